The molecule has 0 rings (SSSR count). The lowest BCUT2D eigenvalue weighted by molar-refractivity contribution is 0.325. The maximum Gasteiger partial charge on any atom is 0.0251 e. The lowest BCUT2D eigenvalue weighted by Gasteiger charge is -2.19. The van der Waals surface area contributed by atoms with Crippen LogP contribution in [0.5, 0.6) is 0 Å². The van der Waals surface area contributed by atoms with Gasteiger partial charge >= 0.3 is 0 Å². The topological polar surface area (TPSA) is 3.24 Å². The van der Waals surface area contributed by atoms with E-state index in [0.29, 0.717) is 0 Å². The summed E-state index contributed by atoms with van der Waals surface area (Å²) in [5, 5.41) is 0. The van der Waals surface area contributed by atoms with Gasteiger partial charge in [-0.05, 0) is 32.4 Å². The zero-order valence-corrected chi connectivity index (χ0v) is 7.97. The van der Waals surface area contributed by atoms with Gasteiger partial charge in [0.25, 0.3) is 0 Å². The van der Waals surface area contributed by atoms with Crippen molar-refractivity contribution in [2.45, 2.75) is 39.5 Å². The van der Waals surface area contributed by atoms with Gasteiger partial charge in [0, 0.05) is 6.54 Å². The SMILES string of the molecule is [CH2]CC[CH]N(CCC)CCC. The standard InChI is InChI=1S/C10H21N/c1-4-7-10-11(8-5-2)9-6-3/h10H,1,4-9H2,2-3H3. The summed E-state index contributed by atoms with van der Waals surface area (Å²) in [6.45, 7) is 13.0. The van der Waals surface area contributed by atoms with Gasteiger partial charge in [-0.3, -0.25) is 4.90 Å². The Labute approximate surface area is 71.8 Å². The average molecular weight is 155 g/mol. The second-order valence-corrected chi connectivity index (χ2v) is 2.86. The molecule has 0 aromatic carbocycles. The van der Waals surface area contributed by atoms with E-state index in [4.69, 9.17) is 0 Å². The van der Waals surface area contributed by atoms with E-state index < -0.39 is 0 Å². The van der Waals surface area contributed by atoms with Crippen LogP contribution in [0.2, 0.25) is 0 Å². The molecule has 0 saturated heterocycles. The Kier molecular flexibility index (Phi) is 8.03. The third-order valence-corrected chi connectivity index (χ3v) is 1.61. The molecule has 0 bridgehead atoms. The van der Waals surface area contributed by atoms with E-state index in [0.717, 1.165) is 12.8 Å². The molecule has 0 fully saturated rings. The van der Waals surface area contributed by atoms with E-state index in [1.807, 2.05) is 0 Å². The highest BCUT2D eigenvalue weighted by atomic mass is 15.1. The normalized spacial score (nSPS) is 10.9. The first kappa shape index (κ1) is 11.0. The van der Waals surface area contributed by atoms with Gasteiger partial charge in [-0.25, -0.2) is 0 Å². The van der Waals surface area contributed by atoms with Crippen LogP contribution in [0.4, 0.5) is 0 Å². The van der Waals surface area contributed by atoms with Gasteiger partial charge in [0.2, 0.25) is 0 Å². The molecule has 0 atom stereocenters. The lowest BCUT2D eigenvalue weighted by atomic mass is 10.3. The Morgan fingerprint density at radius 3 is 2.09 bits per heavy atom. The predicted molar refractivity (Wildman–Crippen MR) is 51.0 cm³/mol. The minimum Gasteiger partial charge on any atom is -0.299 e. The van der Waals surface area contributed by atoms with Crippen LogP contribution in [0, 0.1) is 13.5 Å². The van der Waals surface area contributed by atoms with Crippen molar-refractivity contribution in [3.05, 3.63) is 13.5 Å². The zero-order chi connectivity index (χ0) is 8.53. The second-order valence-electron chi connectivity index (χ2n) is 2.86. The summed E-state index contributed by atoms with van der Waals surface area (Å²) in [5.41, 5.74) is 0. The fourth-order valence-electron chi connectivity index (χ4n) is 1.14. The lowest BCUT2D eigenvalue weighted by Crippen LogP contribution is -2.22. The van der Waals surface area contributed by atoms with Crippen LogP contribution in [0.3, 0.4) is 0 Å². The number of nitrogens with zero attached hydrogens (tertiary/aromatic N) is 1. The van der Waals surface area contributed by atoms with Crippen molar-refractivity contribution in [1.82, 2.24) is 4.90 Å². The van der Waals surface area contributed by atoms with Crippen LogP contribution in [0.25, 0.3) is 0 Å². The van der Waals surface area contributed by atoms with Gasteiger partial charge in [0.15, 0.2) is 0 Å². The summed E-state index contributed by atoms with van der Waals surface area (Å²) in [7, 11) is 0. The van der Waals surface area contributed by atoms with E-state index in [2.05, 4.69) is 32.2 Å². The van der Waals surface area contributed by atoms with Gasteiger partial charge < -0.3 is 0 Å². The quantitative estimate of drug-likeness (QED) is 0.546. The van der Waals surface area contributed by atoms with E-state index in [1.165, 1.54) is 25.9 Å². The third kappa shape index (κ3) is 6.36. The molecule has 66 valence electrons. The van der Waals surface area contributed by atoms with Gasteiger partial charge in [-0.15, -0.1) is 0 Å². The first-order valence-corrected chi connectivity index (χ1v) is 4.71. The molecule has 0 aromatic heterocycles. The van der Waals surface area contributed by atoms with Crippen molar-refractivity contribution < 1.29 is 0 Å². The molecule has 0 unspecified atom stereocenters. The first-order valence-electron chi connectivity index (χ1n) is 4.71. The minimum atomic E-state index is 1.02. The first-order chi connectivity index (χ1) is 5.35. The highest BCUT2D eigenvalue weighted by Crippen LogP contribution is 2.02. The molecular weight excluding hydrogens is 134 g/mol. The van der Waals surface area contributed by atoms with Crippen molar-refractivity contribution in [3.63, 3.8) is 0 Å². The van der Waals surface area contributed by atoms with Crippen LogP contribution in [-0.2, 0) is 0 Å². The summed E-state index contributed by atoms with van der Waals surface area (Å²) < 4.78 is 0. The molecule has 0 heterocycles. The Bertz CT molecular complexity index is 65.3. The molecule has 0 spiro atoms. The molecule has 1 nitrogen and oxygen atoms in total. The fourth-order valence-corrected chi connectivity index (χ4v) is 1.14. The summed E-state index contributed by atoms with van der Waals surface area (Å²) in [6.07, 6.45) is 4.63. The van der Waals surface area contributed by atoms with Crippen LogP contribution in [0.1, 0.15) is 39.5 Å². The molecule has 0 aliphatic heterocycles. The van der Waals surface area contributed by atoms with Gasteiger partial charge in [-0.2, -0.15) is 0 Å². The van der Waals surface area contributed by atoms with Crippen LogP contribution >= 0.6 is 0 Å². The maximum atomic E-state index is 3.82. The highest BCUT2D eigenvalue weighted by Gasteiger charge is 2.00. The maximum absolute atomic E-state index is 3.82. The highest BCUT2D eigenvalue weighted by molar-refractivity contribution is 4.68. The molecule has 0 aromatic rings. The monoisotopic (exact) mass is 155 g/mol. The predicted octanol–water partition coefficient (Wildman–Crippen LogP) is 2.88. The van der Waals surface area contributed by atoms with E-state index in [9.17, 15) is 0 Å². The molecule has 2 radical (unpaired) electrons. The van der Waals surface area contributed by atoms with Crippen molar-refractivity contribution in [3.8, 4) is 0 Å². The van der Waals surface area contributed by atoms with Crippen molar-refractivity contribution in [1.29, 1.82) is 0 Å². The van der Waals surface area contributed by atoms with Gasteiger partial charge in [-0.1, -0.05) is 27.2 Å². The minimum absolute atomic E-state index is 1.02. The Morgan fingerprint density at radius 2 is 1.73 bits per heavy atom. The van der Waals surface area contributed by atoms with Crippen LogP contribution in [-0.4, -0.2) is 18.0 Å². The largest absolute Gasteiger partial charge is 0.299 e. The Morgan fingerprint density at radius 1 is 1.18 bits per heavy atom. The van der Waals surface area contributed by atoms with E-state index in [-0.39, 0.29) is 0 Å². The van der Waals surface area contributed by atoms with Gasteiger partial charge in [0.1, 0.15) is 0 Å². The van der Waals surface area contributed by atoms with Crippen molar-refractivity contribution in [2.75, 3.05) is 13.1 Å². The van der Waals surface area contributed by atoms with Crippen LogP contribution in [0.15, 0.2) is 0 Å². The Hall–Kier alpha value is -0.0400. The zero-order valence-electron chi connectivity index (χ0n) is 7.97. The van der Waals surface area contributed by atoms with Crippen LogP contribution < -0.4 is 0 Å². The summed E-state index contributed by atoms with van der Waals surface area (Å²) in [4.78, 5) is 2.41. The molecule has 0 aliphatic carbocycles. The smallest absolute Gasteiger partial charge is 0.0251 e. The second kappa shape index (κ2) is 8.06. The van der Waals surface area contributed by atoms with E-state index >= 15 is 0 Å². The van der Waals surface area contributed by atoms with E-state index in [1.54, 1.807) is 0 Å². The molecular formula is C10H21N. The summed E-state index contributed by atoms with van der Waals surface area (Å²) in [5.74, 6) is 0. The number of rotatable bonds is 7. The number of hydrogen-bond acceptors (Lipinski definition) is 1. The Balaban J connectivity index is 3.34. The van der Waals surface area contributed by atoms with Gasteiger partial charge in [0.05, 0.1) is 0 Å². The fraction of sp³-hybridized carbons (Fsp3) is 0.800. The molecule has 0 saturated carbocycles. The summed E-state index contributed by atoms with van der Waals surface area (Å²) in [6, 6.07) is 0. The number of hydrogen-bond donors (Lipinski definition) is 0. The molecule has 1 heteroatoms. The van der Waals surface area contributed by atoms with Crippen molar-refractivity contribution in [2.24, 2.45) is 0 Å². The molecule has 0 aliphatic rings. The molecule has 11 heavy (non-hydrogen) atoms. The average Bonchev–Trinajstić information content (AvgIpc) is 2.01. The third-order valence-electron chi connectivity index (χ3n) is 1.61. The molecule has 0 N–H and O–H groups in total. The number of unbranched alkanes of at least 4 members (excludes halogenated alkanes) is 1. The van der Waals surface area contributed by atoms with Crippen molar-refractivity contribution >= 4 is 0 Å². The summed E-state index contributed by atoms with van der Waals surface area (Å²) >= 11 is 0. The molecule has 0 amide bonds.